The van der Waals surface area contributed by atoms with Crippen LogP contribution in [0.2, 0.25) is 0 Å². The van der Waals surface area contributed by atoms with E-state index in [0.29, 0.717) is 26.2 Å². The predicted octanol–water partition coefficient (Wildman–Crippen LogP) is 3.93. The lowest BCUT2D eigenvalue weighted by Crippen LogP contribution is -2.33. The fourth-order valence-corrected chi connectivity index (χ4v) is 3.66. The van der Waals surface area contributed by atoms with Crippen LogP contribution >= 0.6 is 0 Å². The van der Waals surface area contributed by atoms with Gasteiger partial charge < -0.3 is 19.1 Å². The summed E-state index contributed by atoms with van der Waals surface area (Å²) in [7, 11) is 0. The van der Waals surface area contributed by atoms with Gasteiger partial charge >= 0.3 is 0 Å². The van der Waals surface area contributed by atoms with Gasteiger partial charge in [-0.1, -0.05) is 25.5 Å². The van der Waals surface area contributed by atoms with E-state index in [-0.39, 0.29) is 5.91 Å². The highest BCUT2D eigenvalue weighted by atomic mass is 16.5. The minimum Gasteiger partial charge on any atom is -0.490 e. The normalized spacial score (nSPS) is 16.8. The summed E-state index contributed by atoms with van der Waals surface area (Å²) >= 11 is 0. The van der Waals surface area contributed by atoms with Crippen LogP contribution in [-0.2, 0) is 22.4 Å². The molecule has 28 heavy (non-hydrogen) atoms. The van der Waals surface area contributed by atoms with Crippen molar-refractivity contribution in [2.45, 2.75) is 52.4 Å². The van der Waals surface area contributed by atoms with E-state index in [4.69, 9.17) is 14.2 Å². The van der Waals surface area contributed by atoms with Gasteiger partial charge in [-0.3, -0.25) is 4.79 Å². The van der Waals surface area contributed by atoms with Gasteiger partial charge in [-0.2, -0.15) is 0 Å². The third-order valence-electron chi connectivity index (χ3n) is 5.28. The number of hydrogen-bond acceptors (Lipinski definition) is 4. The molecule has 2 aliphatic heterocycles. The third-order valence-corrected chi connectivity index (χ3v) is 5.28. The van der Waals surface area contributed by atoms with Crippen LogP contribution in [0.5, 0.6) is 11.5 Å². The van der Waals surface area contributed by atoms with Crippen LogP contribution in [0.4, 0.5) is 0 Å². The average molecular weight is 388 g/mol. The lowest BCUT2D eigenvalue weighted by atomic mass is 10.0. The number of nitrogens with zero attached hydrogens (tertiary/aromatic N) is 1. The molecule has 2 aliphatic rings. The Labute approximate surface area is 168 Å². The number of hydrogen-bond donors (Lipinski definition) is 0. The molecule has 0 saturated heterocycles. The summed E-state index contributed by atoms with van der Waals surface area (Å²) in [4.78, 5) is 14.8. The summed E-state index contributed by atoms with van der Waals surface area (Å²) in [6.07, 6.45) is 7.11. The Morgan fingerprint density at radius 2 is 1.61 bits per heavy atom. The fourth-order valence-electron chi connectivity index (χ4n) is 3.66. The molecule has 154 valence electrons. The van der Waals surface area contributed by atoms with Crippen molar-refractivity contribution in [2.75, 3.05) is 39.5 Å². The molecule has 1 amide bonds. The molecule has 0 saturated carbocycles. The minimum absolute atomic E-state index is 0.228. The summed E-state index contributed by atoms with van der Waals surface area (Å²) in [5.74, 6) is 1.90. The molecule has 0 N–H and O–H groups in total. The van der Waals surface area contributed by atoms with Gasteiger partial charge in [0.15, 0.2) is 11.5 Å². The standard InChI is InChI=1S/C23H33NO4/c1-3-11-27-21-16-19-5-9-24(23(25)15-18-7-13-26-14-8-18)10-6-20(19)17-22(21)28-12-4-2/h7,16-17H,3-6,8-15H2,1-2H3. The van der Waals surface area contributed by atoms with Crippen molar-refractivity contribution in [3.63, 3.8) is 0 Å². The van der Waals surface area contributed by atoms with Gasteiger partial charge in [0.1, 0.15) is 0 Å². The average Bonchev–Trinajstić information content (AvgIpc) is 2.93. The van der Waals surface area contributed by atoms with Crippen LogP contribution in [0.15, 0.2) is 23.8 Å². The molecule has 0 fully saturated rings. The molecule has 0 aliphatic carbocycles. The van der Waals surface area contributed by atoms with E-state index < -0.39 is 0 Å². The van der Waals surface area contributed by atoms with Gasteiger partial charge in [0, 0.05) is 19.5 Å². The van der Waals surface area contributed by atoms with Gasteiger partial charge in [-0.15, -0.1) is 0 Å². The Bertz CT molecular complexity index is 659. The van der Waals surface area contributed by atoms with Gasteiger partial charge in [-0.05, 0) is 55.4 Å². The van der Waals surface area contributed by atoms with Crippen molar-refractivity contribution in [1.29, 1.82) is 0 Å². The Morgan fingerprint density at radius 3 is 2.11 bits per heavy atom. The summed E-state index contributed by atoms with van der Waals surface area (Å²) in [5.41, 5.74) is 3.76. The molecule has 1 aromatic rings. The van der Waals surface area contributed by atoms with Gasteiger partial charge in [-0.25, -0.2) is 0 Å². The van der Waals surface area contributed by atoms with E-state index >= 15 is 0 Å². The van der Waals surface area contributed by atoms with Crippen molar-refractivity contribution in [3.05, 3.63) is 34.9 Å². The van der Waals surface area contributed by atoms with E-state index in [1.165, 1.54) is 16.7 Å². The molecule has 0 aromatic heterocycles. The van der Waals surface area contributed by atoms with Crippen molar-refractivity contribution in [2.24, 2.45) is 0 Å². The maximum absolute atomic E-state index is 12.8. The summed E-state index contributed by atoms with van der Waals surface area (Å²) in [5, 5.41) is 0. The molecule has 2 heterocycles. The second-order valence-electron chi connectivity index (χ2n) is 7.51. The quantitative estimate of drug-likeness (QED) is 0.634. The maximum atomic E-state index is 12.8. The molecule has 3 rings (SSSR count). The Kier molecular flexibility index (Phi) is 7.78. The van der Waals surface area contributed by atoms with Gasteiger partial charge in [0.05, 0.1) is 26.4 Å². The molecule has 0 radical (unpaired) electrons. The number of amides is 1. The smallest absolute Gasteiger partial charge is 0.226 e. The first-order valence-corrected chi connectivity index (χ1v) is 10.7. The van der Waals surface area contributed by atoms with Crippen LogP contribution in [0.3, 0.4) is 0 Å². The number of ether oxygens (including phenoxy) is 3. The second kappa shape index (κ2) is 10.5. The Morgan fingerprint density at radius 1 is 1.00 bits per heavy atom. The fraction of sp³-hybridized carbons (Fsp3) is 0.609. The molecule has 1 aromatic carbocycles. The van der Waals surface area contributed by atoms with E-state index in [9.17, 15) is 4.79 Å². The monoisotopic (exact) mass is 387 g/mol. The molecule has 0 unspecified atom stereocenters. The van der Waals surface area contributed by atoms with E-state index in [0.717, 1.165) is 63.3 Å². The van der Waals surface area contributed by atoms with E-state index in [2.05, 4.69) is 32.1 Å². The number of rotatable bonds is 8. The maximum Gasteiger partial charge on any atom is 0.226 e. The van der Waals surface area contributed by atoms with Crippen molar-refractivity contribution >= 4 is 5.91 Å². The molecule has 0 atom stereocenters. The molecule has 0 spiro atoms. The second-order valence-corrected chi connectivity index (χ2v) is 7.51. The molecular weight excluding hydrogens is 354 g/mol. The highest BCUT2D eigenvalue weighted by Gasteiger charge is 2.22. The number of carbonyl (C=O) groups excluding carboxylic acids is 1. The third kappa shape index (κ3) is 5.51. The molecular formula is C23H33NO4. The summed E-state index contributed by atoms with van der Waals surface area (Å²) < 4.78 is 17.2. The van der Waals surface area contributed by atoms with Crippen molar-refractivity contribution in [3.8, 4) is 11.5 Å². The first-order valence-electron chi connectivity index (χ1n) is 10.7. The van der Waals surface area contributed by atoms with Gasteiger partial charge in [0.2, 0.25) is 5.91 Å². The van der Waals surface area contributed by atoms with Crippen LogP contribution in [-0.4, -0.2) is 50.3 Å². The predicted molar refractivity (Wildman–Crippen MR) is 110 cm³/mol. The lowest BCUT2D eigenvalue weighted by Gasteiger charge is -2.22. The van der Waals surface area contributed by atoms with Gasteiger partial charge in [0.25, 0.3) is 0 Å². The topological polar surface area (TPSA) is 48.0 Å². The number of benzene rings is 1. The zero-order valence-electron chi connectivity index (χ0n) is 17.3. The zero-order valence-corrected chi connectivity index (χ0v) is 17.3. The van der Waals surface area contributed by atoms with Crippen LogP contribution in [0, 0.1) is 0 Å². The minimum atomic E-state index is 0.228. The van der Waals surface area contributed by atoms with E-state index in [1.54, 1.807) is 0 Å². The van der Waals surface area contributed by atoms with E-state index in [1.807, 2.05) is 4.90 Å². The van der Waals surface area contributed by atoms with Crippen LogP contribution in [0.1, 0.15) is 50.7 Å². The molecule has 5 nitrogen and oxygen atoms in total. The van der Waals surface area contributed by atoms with Crippen LogP contribution < -0.4 is 9.47 Å². The highest BCUT2D eigenvalue weighted by molar-refractivity contribution is 5.79. The zero-order chi connectivity index (χ0) is 19.8. The van der Waals surface area contributed by atoms with Crippen LogP contribution in [0.25, 0.3) is 0 Å². The van der Waals surface area contributed by atoms with Crippen molar-refractivity contribution in [1.82, 2.24) is 4.90 Å². The molecule has 5 heteroatoms. The number of fused-ring (bicyclic) bond motifs is 1. The highest BCUT2D eigenvalue weighted by Crippen LogP contribution is 2.33. The van der Waals surface area contributed by atoms with Crippen molar-refractivity contribution < 1.29 is 19.0 Å². The first kappa shape index (κ1) is 20.7. The first-order chi connectivity index (χ1) is 13.7. The SMILES string of the molecule is CCCOc1cc2c(cc1OCCC)CCN(C(=O)CC1=CCOCC1)CC2. The Balaban J connectivity index is 1.69. The number of carbonyl (C=O) groups is 1. The summed E-state index contributed by atoms with van der Waals surface area (Å²) in [6, 6.07) is 4.26. The summed E-state index contributed by atoms with van der Waals surface area (Å²) in [6.45, 7) is 8.47. The lowest BCUT2D eigenvalue weighted by molar-refractivity contribution is -0.130. The molecule has 0 bridgehead atoms. The Hall–Kier alpha value is -2.01. The largest absolute Gasteiger partial charge is 0.490 e.